The van der Waals surface area contributed by atoms with Crippen LogP contribution >= 0.6 is 11.8 Å². The molecule has 0 radical (unpaired) electrons. The minimum absolute atomic E-state index is 0.0678. The summed E-state index contributed by atoms with van der Waals surface area (Å²) in [5.74, 6) is 1.01. The monoisotopic (exact) mass is 279 g/mol. The molecule has 0 bridgehead atoms. The van der Waals surface area contributed by atoms with Gasteiger partial charge in [0.25, 0.3) is 0 Å². The molecule has 2 aromatic rings. The SMILES string of the molecule is CN(C)CCSc1ncnc2c1cnn2C(C)(C)C. The van der Waals surface area contributed by atoms with Gasteiger partial charge < -0.3 is 4.90 Å². The second kappa shape index (κ2) is 5.46. The number of thioether (sulfide) groups is 1. The lowest BCUT2D eigenvalue weighted by atomic mass is 10.1. The normalized spacial score (nSPS) is 12.5. The third kappa shape index (κ3) is 3.25. The van der Waals surface area contributed by atoms with Crippen molar-refractivity contribution in [2.75, 3.05) is 26.4 Å². The van der Waals surface area contributed by atoms with E-state index in [-0.39, 0.29) is 5.54 Å². The second-order valence-electron chi connectivity index (χ2n) is 5.80. The van der Waals surface area contributed by atoms with Gasteiger partial charge in [0, 0.05) is 12.3 Å². The van der Waals surface area contributed by atoms with E-state index in [0.29, 0.717) is 0 Å². The topological polar surface area (TPSA) is 46.8 Å². The maximum atomic E-state index is 4.46. The van der Waals surface area contributed by atoms with E-state index in [2.05, 4.69) is 54.8 Å². The number of hydrogen-bond acceptors (Lipinski definition) is 5. The van der Waals surface area contributed by atoms with Crippen LogP contribution in [0.25, 0.3) is 11.0 Å². The van der Waals surface area contributed by atoms with Crippen molar-refractivity contribution in [3.05, 3.63) is 12.5 Å². The van der Waals surface area contributed by atoms with Crippen LogP contribution < -0.4 is 0 Å². The Hall–Kier alpha value is -1.14. The van der Waals surface area contributed by atoms with Gasteiger partial charge in [-0.2, -0.15) is 5.10 Å². The van der Waals surface area contributed by atoms with Gasteiger partial charge in [0.15, 0.2) is 5.65 Å². The van der Waals surface area contributed by atoms with E-state index in [1.807, 2.05) is 10.9 Å². The van der Waals surface area contributed by atoms with E-state index in [9.17, 15) is 0 Å². The Kier molecular flexibility index (Phi) is 4.10. The molecule has 0 aliphatic rings. The Bertz CT molecular complexity index is 556. The number of aromatic nitrogens is 4. The molecule has 0 amide bonds. The summed E-state index contributed by atoms with van der Waals surface area (Å²) >= 11 is 1.76. The van der Waals surface area contributed by atoms with Crippen LogP contribution in [0.2, 0.25) is 0 Å². The first-order chi connectivity index (χ1) is 8.89. The third-order valence-corrected chi connectivity index (χ3v) is 3.73. The molecule has 0 aliphatic heterocycles. The standard InChI is InChI=1S/C13H21N5S/c1-13(2,3)18-11-10(8-16-18)12(15-9-14-11)19-7-6-17(4)5/h8-9H,6-7H2,1-5H3. The zero-order chi connectivity index (χ0) is 14.0. The molecule has 0 fully saturated rings. The van der Waals surface area contributed by atoms with Crippen molar-refractivity contribution in [3.63, 3.8) is 0 Å². The number of rotatable bonds is 4. The Balaban J connectivity index is 2.29. The molecule has 0 atom stereocenters. The predicted molar refractivity (Wildman–Crippen MR) is 79.6 cm³/mol. The zero-order valence-electron chi connectivity index (χ0n) is 12.2. The molecule has 2 aromatic heterocycles. The molecular formula is C13H21N5S. The van der Waals surface area contributed by atoms with Gasteiger partial charge in [-0.05, 0) is 34.9 Å². The van der Waals surface area contributed by atoms with Crippen molar-refractivity contribution < 1.29 is 0 Å². The lowest BCUT2D eigenvalue weighted by Gasteiger charge is -2.19. The molecule has 0 N–H and O–H groups in total. The van der Waals surface area contributed by atoms with Crippen LogP contribution in [0.5, 0.6) is 0 Å². The minimum Gasteiger partial charge on any atom is -0.309 e. The highest BCUT2D eigenvalue weighted by atomic mass is 32.2. The lowest BCUT2D eigenvalue weighted by molar-refractivity contribution is 0.366. The Morgan fingerprint density at radius 2 is 2.00 bits per heavy atom. The number of nitrogens with zero attached hydrogens (tertiary/aromatic N) is 5. The lowest BCUT2D eigenvalue weighted by Crippen LogP contribution is -2.23. The molecule has 0 saturated carbocycles. The van der Waals surface area contributed by atoms with Crippen molar-refractivity contribution in [2.24, 2.45) is 0 Å². The van der Waals surface area contributed by atoms with Crippen molar-refractivity contribution >= 4 is 22.8 Å². The molecule has 0 aromatic carbocycles. The molecule has 6 heteroatoms. The van der Waals surface area contributed by atoms with Crippen molar-refractivity contribution in [1.82, 2.24) is 24.6 Å². The highest BCUT2D eigenvalue weighted by Crippen LogP contribution is 2.26. The highest BCUT2D eigenvalue weighted by molar-refractivity contribution is 7.99. The maximum Gasteiger partial charge on any atom is 0.162 e. The molecule has 104 valence electrons. The molecule has 0 aliphatic carbocycles. The zero-order valence-corrected chi connectivity index (χ0v) is 13.0. The van der Waals surface area contributed by atoms with Crippen molar-refractivity contribution in [2.45, 2.75) is 31.3 Å². The smallest absolute Gasteiger partial charge is 0.162 e. The van der Waals surface area contributed by atoms with Gasteiger partial charge in [-0.15, -0.1) is 11.8 Å². The largest absolute Gasteiger partial charge is 0.309 e. The quantitative estimate of drug-likeness (QED) is 0.634. The number of hydrogen-bond donors (Lipinski definition) is 0. The predicted octanol–water partition coefficient (Wildman–Crippen LogP) is 2.24. The van der Waals surface area contributed by atoms with Crippen LogP contribution in [0.3, 0.4) is 0 Å². The summed E-state index contributed by atoms with van der Waals surface area (Å²) in [6.07, 6.45) is 3.50. The van der Waals surface area contributed by atoms with Gasteiger partial charge in [0.2, 0.25) is 0 Å². The Morgan fingerprint density at radius 3 is 2.63 bits per heavy atom. The van der Waals surface area contributed by atoms with Crippen LogP contribution in [0.1, 0.15) is 20.8 Å². The fourth-order valence-electron chi connectivity index (χ4n) is 1.75. The van der Waals surface area contributed by atoms with E-state index in [4.69, 9.17) is 0 Å². The first-order valence-corrected chi connectivity index (χ1v) is 7.35. The van der Waals surface area contributed by atoms with Gasteiger partial charge in [0.1, 0.15) is 11.4 Å². The van der Waals surface area contributed by atoms with Gasteiger partial charge in [-0.3, -0.25) is 0 Å². The molecule has 0 spiro atoms. The third-order valence-electron chi connectivity index (χ3n) is 2.74. The molecule has 2 rings (SSSR count). The minimum atomic E-state index is -0.0678. The maximum absolute atomic E-state index is 4.46. The molecule has 2 heterocycles. The summed E-state index contributed by atoms with van der Waals surface area (Å²) in [4.78, 5) is 10.9. The van der Waals surface area contributed by atoms with Gasteiger partial charge in [-0.25, -0.2) is 14.6 Å². The first kappa shape index (κ1) is 14.3. The molecule has 5 nitrogen and oxygen atoms in total. The molecule has 19 heavy (non-hydrogen) atoms. The van der Waals surface area contributed by atoms with Crippen LogP contribution in [-0.4, -0.2) is 51.0 Å². The van der Waals surface area contributed by atoms with Crippen LogP contribution in [0, 0.1) is 0 Å². The summed E-state index contributed by atoms with van der Waals surface area (Å²) in [5.41, 5.74) is 0.844. The summed E-state index contributed by atoms with van der Waals surface area (Å²) < 4.78 is 1.96. The molecule has 0 saturated heterocycles. The number of fused-ring (bicyclic) bond motifs is 1. The van der Waals surface area contributed by atoms with E-state index < -0.39 is 0 Å². The fraction of sp³-hybridized carbons (Fsp3) is 0.615. The first-order valence-electron chi connectivity index (χ1n) is 6.36. The Morgan fingerprint density at radius 1 is 1.26 bits per heavy atom. The summed E-state index contributed by atoms with van der Waals surface area (Å²) in [5, 5.41) is 6.52. The summed E-state index contributed by atoms with van der Waals surface area (Å²) in [6, 6.07) is 0. The molecule has 0 unspecified atom stereocenters. The van der Waals surface area contributed by atoms with Crippen LogP contribution in [0.15, 0.2) is 17.6 Å². The van der Waals surface area contributed by atoms with E-state index in [1.54, 1.807) is 18.1 Å². The highest BCUT2D eigenvalue weighted by Gasteiger charge is 2.19. The summed E-state index contributed by atoms with van der Waals surface area (Å²) in [7, 11) is 4.15. The average molecular weight is 279 g/mol. The average Bonchev–Trinajstić information content (AvgIpc) is 2.72. The van der Waals surface area contributed by atoms with Gasteiger partial charge >= 0.3 is 0 Å². The van der Waals surface area contributed by atoms with Crippen LogP contribution in [-0.2, 0) is 5.54 Å². The van der Waals surface area contributed by atoms with Crippen molar-refractivity contribution in [3.8, 4) is 0 Å². The second-order valence-corrected chi connectivity index (χ2v) is 6.88. The van der Waals surface area contributed by atoms with E-state index in [0.717, 1.165) is 28.4 Å². The fourth-order valence-corrected chi connectivity index (χ4v) is 2.82. The molecular weight excluding hydrogens is 258 g/mol. The van der Waals surface area contributed by atoms with Gasteiger partial charge in [0.05, 0.1) is 17.1 Å². The van der Waals surface area contributed by atoms with E-state index >= 15 is 0 Å². The van der Waals surface area contributed by atoms with Crippen molar-refractivity contribution in [1.29, 1.82) is 0 Å². The van der Waals surface area contributed by atoms with Crippen LogP contribution in [0.4, 0.5) is 0 Å². The van der Waals surface area contributed by atoms with Gasteiger partial charge in [-0.1, -0.05) is 0 Å². The summed E-state index contributed by atoms with van der Waals surface area (Å²) in [6.45, 7) is 7.41. The Labute approximate surface area is 118 Å². The van der Waals surface area contributed by atoms with E-state index in [1.165, 1.54) is 0 Å².